The Morgan fingerprint density at radius 1 is 0.949 bits per heavy atom. The van der Waals surface area contributed by atoms with Crippen molar-refractivity contribution in [2.75, 3.05) is 39.7 Å². The summed E-state index contributed by atoms with van der Waals surface area (Å²) in [6.07, 6.45) is 2.61. The van der Waals surface area contributed by atoms with Crippen molar-refractivity contribution in [1.29, 1.82) is 0 Å². The number of rotatable bonds is 7. The van der Waals surface area contributed by atoms with Crippen molar-refractivity contribution in [2.45, 2.75) is 45.1 Å². The van der Waals surface area contributed by atoms with Crippen LogP contribution in [0.5, 0.6) is 17.2 Å². The lowest BCUT2D eigenvalue weighted by Gasteiger charge is -2.34. The van der Waals surface area contributed by atoms with Crippen LogP contribution in [0, 0.1) is 0 Å². The van der Waals surface area contributed by atoms with Crippen LogP contribution in [0.25, 0.3) is 5.69 Å². The van der Waals surface area contributed by atoms with E-state index in [0.717, 1.165) is 11.4 Å². The number of para-hydroxylation sites is 1. The molecule has 2 aromatic carbocycles. The topological polar surface area (TPSA) is 104 Å². The van der Waals surface area contributed by atoms with E-state index in [0.29, 0.717) is 54.4 Å². The predicted molar refractivity (Wildman–Crippen MR) is 147 cm³/mol. The van der Waals surface area contributed by atoms with Crippen LogP contribution in [-0.4, -0.2) is 66.7 Å². The molecule has 0 bridgehead atoms. The highest BCUT2D eigenvalue weighted by molar-refractivity contribution is 6.05. The van der Waals surface area contributed by atoms with Crippen molar-refractivity contribution in [3.63, 3.8) is 0 Å². The molecule has 10 nitrogen and oxygen atoms in total. The average molecular weight is 537 g/mol. The average Bonchev–Trinajstić information content (AvgIpc) is 3.37. The molecule has 1 aliphatic heterocycles. The number of amides is 2. The second kappa shape index (κ2) is 11.7. The lowest BCUT2D eigenvalue weighted by atomic mass is 9.90. The van der Waals surface area contributed by atoms with Gasteiger partial charge in [-0.15, -0.1) is 0 Å². The second-order valence-corrected chi connectivity index (χ2v) is 10.3. The van der Waals surface area contributed by atoms with E-state index in [1.54, 1.807) is 23.2 Å². The van der Waals surface area contributed by atoms with Crippen LogP contribution in [0.1, 0.15) is 55.6 Å². The van der Waals surface area contributed by atoms with E-state index < -0.39 is 5.60 Å². The quantitative estimate of drug-likeness (QED) is 0.439. The number of anilines is 1. The maximum atomic E-state index is 13.6. The molecule has 0 aliphatic carbocycles. The summed E-state index contributed by atoms with van der Waals surface area (Å²) in [5.74, 6) is 0.999. The van der Waals surface area contributed by atoms with Crippen LogP contribution >= 0.6 is 0 Å². The molecule has 1 N–H and O–H groups in total. The standard InChI is InChI=1S/C29H36N4O6/c1-29(2,3)39-28(35)32-14-12-19(13-15-32)25-22(18-30-33(25)21-10-8-7-9-11-21)27(34)31-20-16-23(36-4)26(38-6)24(17-20)37-5/h7-11,16-19H,12-15H2,1-6H3,(H,31,34). The number of hydrogen-bond donors (Lipinski definition) is 1. The molecule has 2 amide bonds. The van der Waals surface area contributed by atoms with Gasteiger partial charge in [-0.2, -0.15) is 5.10 Å². The van der Waals surface area contributed by atoms with Crippen molar-refractivity contribution in [3.05, 3.63) is 59.9 Å². The number of benzene rings is 2. The number of piperidine rings is 1. The van der Waals surface area contributed by atoms with Gasteiger partial charge in [-0.25, -0.2) is 9.48 Å². The number of likely N-dealkylation sites (tertiary alicyclic amines) is 1. The maximum absolute atomic E-state index is 13.6. The van der Waals surface area contributed by atoms with Gasteiger partial charge in [-0.05, 0) is 45.7 Å². The SMILES string of the molecule is COc1cc(NC(=O)c2cnn(-c3ccccc3)c2C2CCN(C(=O)OC(C)(C)C)CC2)cc(OC)c1OC. The Bertz CT molecular complexity index is 1280. The third kappa shape index (κ3) is 6.27. The highest BCUT2D eigenvalue weighted by Crippen LogP contribution is 2.40. The van der Waals surface area contributed by atoms with E-state index in [1.807, 2.05) is 55.8 Å². The molecule has 10 heteroatoms. The molecule has 0 unspecified atom stereocenters. The third-order valence-corrected chi connectivity index (χ3v) is 6.51. The molecule has 1 fully saturated rings. The van der Waals surface area contributed by atoms with Crippen LogP contribution in [-0.2, 0) is 4.74 Å². The first-order chi connectivity index (χ1) is 18.6. The second-order valence-electron chi connectivity index (χ2n) is 10.3. The maximum Gasteiger partial charge on any atom is 0.410 e. The van der Waals surface area contributed by atoms with Gasteiger partial charge in [0.2, 0.25) is 5.75 Å². The Hall–Kier alpha value is -4.21. The van der Waals surface area contributed by atoms with Crippen molar-refractivity contribution in [1.82, 2.24) is 14.7 Å². The molecular formula is C29H36N4O6. The fourth-order valence-corrected chi connectivity index (χ4v) is 4.71. The number of nitrogens with zero attached hydrogens (tertiary/aromatic N) is 3. The number of carbonyl (C=O) groups is 2. The zero-order valence-corrected chi connectivity index (χ0v) is 23.3. The summed E-state index contributed by atoms with van der Waals surface area (Å²) in [6.45, 7) is 6.61. The van der Waals surface area contributed by atoms with Crippen molar-refractivity contribution in [3.8, 4) is 22.9 Å². The molecule has 0 spiro atoms. The monoisotopic (exact) mass is 536 g/mol. The third-order valence-electron chi connectivity index (χ3n) is 6.51. The first-order valence-corrected chi connectivity index (χ1v) is 12.9. The number of methoxy groups -OCH3 is 3. The highest BCUT2D eigenvalue weighted by Gasteiger charge is 2.32. The summed E-state index contributed by atoms with van der Waals surface area (Å²) in [5.41, 5.74) is 2.05. The first kappa shape index (κ1) is 27.8. The Morgan fingerprint density at radius 3 is 2.10 bits per heavy atom. The summed E-state index contributed by atoms with van der Waals surface area (Å²) < 4.78 is 23.6. The molecule has 1 aromatic heterocycles. The van der Waals surface area contributed by atoms with Crippen LogP contribution in [0.3, 0.4) is 0 Å². The molecule has 0 atom stereocenters. The van der Waals surface area contributed by atoms with Crippen LogP contribution in [0.15, 0.2) is 48.7 Å². The molecule has 208 valence electrons. The summed E-state index contributed by atoms with van der Waals surface area (Å²) in [5, 5.41) is 7.57. The molecule has 1 aliphatic rings. The Labute approximate surface area is 228 Å². The van der Waals surface area contributed by atoms with E-state index in [2.05, 4.69) is 10.4 Å². The van der Waals surface area contributed by atoms with Gasteiger partial charge < -0.3 is 29.2 Å². The predicted octanol–water partition coefficient (Wildman–Crippen LogP) is 5.26. The van der Waals surface area contributed by atoms with Gasteiger partial charge >= 0.3 is 6.09 Å². The molecule has 1 saturated heterocycles. The van der Waals surface area contributed by atoms with Crippen LogP contribution in [0.4, 0.5) is 10.5 Å². The fourth-order valence-electron chi connectivity index (χ4n) is 4.71. The van der Waals surface area contributed by atoms with E-state index in [1.165, 1.54) is 21.3 Å². The first-order valence-electron chi connectivity index (χ1n) is 12.9. The van der Waals surface area contributed by atoms with Gasteiger partial charge in [-0.1, -0.05) is 18.2 Å². The normalized spacial score (nSPS) is 14.1. The van der Waals surface area contributed by atoms with Gasteiger partial charge in [0.05, 0.1) is 44.5 Å². The number of carbonyl (C=O) groups excluding carboxylic acids is 2. The van der Waals surface area contributed by atoms with E-state index in [4.69, 9.17) is 18.9 Å². The zero-order valence-electron chi connectivity index (χ0n) is 23.3. The van der Waals surface area contributed by atoms with Crippen LogP contribution in [0.2, 0.25) is 0 Å². The zero-order chi connectivity index (χ0) is 28.2. The lowest BCUT2D eigenvalue weighted by Crippen LogP contribution is -2.41. The van der Waals surface area contributed by atoms with Gasteiger partial charge in [-0.3, -0.25) is 4.79 Å². The summed E-state index contributed by atoms with van der Waals surface area (Å²) >= 11 is 0. The molecule has 3 aromatic rings. The van der Waals surface area contributed by atoms with Gasteiger partial charge in [0.25, 0.3) is 5.91 Å². The smallest absolute Gasteiger partial charge is 0.410 e. The Kier molecular flexibility index (Phi) is 8.32. The van der Waals surface area contributed by atoms with E-state index in [-0.39, 0.29) is 17.9 Å². The molecular weight excluding hydrogens is 500 g/mol. The number of nitrogens with one attached hydrogen (secondary N) is 1. The number of aromatic nitrogens is 2. The molecule has 39 heavy (non-hydrogen) atoms. The summed E-state index contributed by atoms with van der Waals surface area (Å²) in [4.78, 5) is 28.0. The largest absolute Gasteiger partial charge is 0.493 e. The summed E-state index contributed by atoms with van der Waals surface area (Å²) in [7, 11) is 4.57. The van der Waals surface area contributed by atoms with Gasteiger partial charge in [0.1, 0.15) is 5.60 Å². The van der Waals surface area contributed by atoms with Gasteiger partial charge in [0, 0.05) is 36.8 Å². The van der Waals surface area contributed by atoms with Crippen molar-refractivity contribution in [2.24, 2.45) is 0 Å². The minimum atomic E-state index is -0.558. The van der Waals surface area contributed by atoms with E-state index >= 15 is 0 Å². The highest BCUT2D eigenvalue weighted by atomic mass is 16.6. The Morgan fingerprint density at radius 2 is 1.56 bits per heavy atom. The molecule has 0 radical (unpaired) electrons. The molecule has 0 saturated carbocycles. The number of ether oxygens (including phenoxy) is 4. The van der Waals surface area contributed by atoms with Crippen LogP contribution < -0.4 is 19.5 Å². The lowest BCUT2D eigenvalue weighted by molar-refractivity contribution is 0.0203. The number of hydrogen-bond acceptors (Lipinski definition) is 7. The minimum absolute atomic E-state index is 0.00656. The molecule has 2 heterocycles. The van der Waals surface area contributed by atoms with E-state index in [9.17, 15) is 9.59 Å². The van der Waals surface area contributed by atoms with Crippen molar-refractivity contribution >= 4 is 17.7 Å². The van der Waals surface area contributed by atoms with Crippen molar-refractivity contribution < 1.29 is 28.5 Å². The van der Waals surface area contributed by atoms with Gasteiger partial charge in [0.15, 0.2) is 11.5 Å². The fraction of sp³-hybridized carbons (Fsp3) is 0.414. The minimum Gasteiger partial charge on any atom is -0.493 e. The Balaban J connectivity index is 1.63. The summed E-state index contributed by atoms with van der Waals surface area (Å²) in [6, 6.07) is 13.1. The molecule has 4 rings (SSSR count).